The number of halogens is 1. The molecule has 0 bridgehead atoms. The minimum absolute atomic E-state index is 0.0124. The van der Waals surface area contributed by atoms with E-state index < -0.39 is 17.6 Å². The number of ketones is 1. The fourth-order valence-corrected chi connectivity index (χ4v) is 3.97. The number of anilines is 1. The molecule has 2 amide bonds. The molecule has 2 heterocycles. The molecule has 3 N–H and O–H groups in total. The van der Waals surface area contributed by atoms with Crippen LogP contribution in [0.4, 0.5) is 10.1 Å². The lowest BCUT2D eigenvalue weighted by Crippen LogP contribution is -2.46. The summed E-state index contributed by atoms with van der Waals surface area (Å²) in [6.07, 6.45) is 1.45. The first kappa shape index (κ1) is 25.2. The van der Waals surface area contributed by atoms with Crippen LogP contribution in [0.25, 0.3) is 0 Å². The summed E-state index contributed by atoms with van der Waals surface area (Å²) in [6.45, 7) is 5.58. The van der Waals surface area contributed by atoms with Crippen molar-refractivity contribution in [3.8, 4) is 0 Å². The standard InChI is InChI=1S/C26H28FN5O4/c1-17(15-32-10-12-36-13-11-32)30-25(34)23-24(29-16-28-23)26(35)31-21-8-2-18(3-9-21)14-22(33)19-4-6-20(27)7-5-19/h2-9,16-17H,10-15H2,1H3,(H,28,29)(H,30,34)(H,31,35). The van der Waals surface area contributed by atoms with Gasteiger partial charge in [0.25, 0.3) is 11.8 Å². The van der Waals surface area contributed by atoms with E-state index in [9.17, 15) is 18.8 Å². The highest BCUT2D eigenvalue weighted by Crippen LogP contribution is 2.15. The minimum Gasteiger partial charge on any atom is -0.379 e. The molecule has 1 unspecified atom stereocenters. The lowest BCUT2D eigenvalue weighted by atomic mass is 10.0. The van der Waals surface area contributed by atoms with Crippen LogP contribution in [-0.4, -0.2) is 71.4 Å². The Morgan fingerprint density at radius 3 is 2.44 bits per heavy atom. The highest BCUT2D eigenvalue weighted by Gasteiger charge is 2.23. The predicted molar refractivity (Wildman–Crippen MR) is 132 cm³/mol. The number of rotatable bonds is 9. The number of H-pyrrole nitrogens is 1. The molecule has 1 saturated heterocycles. The molecule has 1 aliphatic heterocycles. The van der Waals surface area contributed by atoms with E-state index in [1.54, 1.807) is 24.3 Å². The van der Waals surface area contributed by atoms with E-state index in [1.165, 1.54) is 30.6 Å². The third-order valence-electron chi connectivity index (χ3n) is 5.84. The lowest BCUT2D eigenvalue weighted by Gasteiger charge is -2.29. The SMILES string of the molecule is CC(CN1CCOCC1)NC(=O)c1[nH]cnc1C(=O)Nc1ccc(CC(=O)c2ccc(F)cc2)cc1. The molecule has 4 rings (SSSR count). The molecule has 0 spiro atoms. The van der Waals surface area contributed by atoms with Gasteiger partial charge in [-0.05, 0) is 48.9 Å². The molecular formula is C26H28FN5O4. The van der Waals surface area contributed by atoms with Crippen LogP contribution in [-0.2, 0) is 11.2 Å². The topological polar surface area (TPSA) is 116 Å². The molecule has 1 aliphatic rings. The summed E-state index contributed by atoms with van der Waals surface area (Å²) in [5, 5.41) is 5.63. The van der Waals surface area contributed by atoms with Crippen molar-refractivity contribution < 1.29 is 23.5 Å². The highest BCUT2D eigenvalue weighted by molar-refractivity contribution is 6.10. The Kier molecular flexibility index (Phi) is 8.19. The van der Waals surface area contributed by atoms with E-state index in [1.807, 2.05) is 6.92 Å². The molecule has 9 nitrogen and oxygen atoms in total. The molecule has 3 aromatic rings. The van der Waals surface area contributed by atoms with Gasteiger partial charge in [0.05, 0.1) is 19.5 Å². The van der Waals surface area contributed by atoms with Gasteiger partial charge in [0, 0.05) is 43.3 Å². The zero-order chi connectivity index (χ0) is 25.5. The van der Waals surface area contributed by atoms with Gasteiger partial charge in [-0.1, -0.05) is 12.1 Å². The van der Waals surface area contributed by atoms with Crippen LogP contribution in [0.1, 0.15) is 43.8 Å². The van der Waals surface area contributed by atoms with Crippen LogP contribution in [0.5, 0.6) is 0 Å². The molecule has 10 heteroatoms. The van der Waals surface area contributed by atoms with Gasteiger partial charge in [0.15, 0.2) is 11.5 Å². The van der Waals surface area contributed by atoms with Crippen molar-refractivity contribution in [2.45, 2.75) is 19.4 Å². The van der Waals surface area contributed by atoms with Crippen molar-refractivity contribution >= 4 is 23.3 Å². The maximum atomic E-state index is 13.1. The molecule has 36 heavy (non-hydrogen) atoms. The number of carbonyl (C=O) groups is 3. The Balaban J connectivity index is 1.32. The summed E-state index contributed by atoms with van der Waals surface area (Å²) in [5.41, 5.74) is 1.74. The Bertz CT molecular complexity index is 1200. The van der Waals surface area contributed by atoms with Crippen molar-refractivity contribution in [2.75, 3.05) is 38.2 Å². The van der Waals surface area contributed by atoms with E-state index >= 15 is 0 Å². The quantitative estimate of drug-likeness (QED) is 0.395. The van der Waals surface area contributed by atoms with Crippen LogP contribution in [0.3, 0.4) is 0 Å². The van der Waals surface area contributed by atoms with E-state index in [-0.39, 0.29) is 29.6 Å². The van der Waals surface area contributed by atoms with Gasteiger partial charge in [-0.25, -0.2) is 9.37 Å². The molecule has 0 radical (unpaired) electrons. The monoisotopic (exact) mass is 493 g/mol. The molecule has 1 aromatic heterocycles. The van der Waals surface area contributed by atoms with Crippen molar-refractivity contribution in [1.82, 2.24) is 20.2 Å². The van der Waals surface area contributed by atoms with Gasteiger partial charge in [-0.3, -0.25) is 19.3 Å². The van der Waals surface area contributed by atoms with Gasteiger partial charge in [0.2, 0.25) is 0 Å². The summed E-state index contributed by atoms with van der Waals surface area (Å²) in [5.74, 6) is -1.47. The zero-order valence-corrected chi connectivity index (χ0v) is 19.9. The number of amides is 2. The number of benzene rings is 2. The van der Waals surface area contributed by atoms with Gasteiger partial charge in [0.1, 0.15) is 11.5 Å². The van der Waals surface area contributed by atoms with Crippen LogP contribution in [0.15, 0.2) is 54.9 Å². The molecule has 0 aliphatic carbocycles. The van der Waals surface area contributed by atoms with Gasteiger partial charge in [-0.15, -0.1) is 0 Å². The second-order valence-corrected chi connectivity index (χ2v) is 8.67. The van der Waals surface area contributed by atoms with Crippen LogP contribution < -0.4 is 10.6 Å². The number of aromatic nitrogens is 2. The number of nitrogens with one attached hydrogen (secondary N) is 3. The maximum absolute atomic E-state index is 13.1. The van der Waals surface area contributed by atoms with Gasteiger partial charge in [-0.2, -0.15) is 0 Å². The second-order valence-electron chi connectivity index (χ2n) is 8.67. The third kappa shape index (κ3) is 6.61. The maximum Gasteiger partial charge on any atom is 0.276 e. The van der Waals surface area contributed by atoms with Crippen molar-refractivity contribution in [3.05, 3.63) is 83.2 Å². The van der Waals surface area contributed by atoms with Crippen molar-refractivity contribution in [3.63, 3.8) is 0 Å². The number of carbonyl (C=O) groups excluding carboxylic acids is 3. The number of hydrogen-bond donors (Lipinski definition) is 3. The predicted octanol–water partition coefficient (Wildman–Crippen LogP) is 2.68. The summed E-state index contributed by atoms with van der Waals surface area (Å²) in [4.78, 5) is 46.9. The van der Waals surface area contributed by atoms with E-state index in [4.69, 9.17) is 4.74 Å². The first-order valence-electron chi connectivity index (χ1n) is 11.7. The Hall–Kier alpha value is -3.89. The third-order valence-corrected chi connectivity index (χ3v) is 5.84. The average molecular weight is 494 g/mol. The van der Waals surface area contributed by atoms with E-state index in [0.29, 0.717) is 31.0 Å². The van der Waals surface area contributed by atoms with Crippen molar-refractivity contribution in [2.24, 2.45) is 0 Å². The number of morpholine rings is 1. The Morgan fingerprint density at radius 1 is 1.06 bits per heavy atom. The summed E-state index contributed by atoms with van der Waals surface area (Å²) < 4.78 is 18.4. The number of hydrogen-bond acceptors (Lipinski definition) is 6. The number of aromatic amines is 1. The first-order valence-corrected chi connectivity index (χ1v) is 11.7. The molecule has 1 atom stereocenters. The number of Topliss-reactive ketones (excluding diaryl/α,β-unsaturated/α-hetero) is 1. The fourth-order valence-electron chi connectivity index (χ4n) is 3.97. The summed E-state index contributed by atoms with van der Waals surface area (Å²) >= 11 is 0. The number of nitrogens with zero attached hydrogens (tertiary/aromatic N) is 2. The normalized spacial score (nSPS) is 14.7. The zero-order valence-electron chi connectivity index (χ0n) is 19.9. The summed E-state index contributed by atoms with van der Waals surface area (Å²) in [6, 6.07) is 12.1. The molecular weight excluding hydrogens is 465 g/mol. The van der Waals surface area contributed by atoms with Gasteiger partial charge >= 0.3 is 0 Å². The van der Waals surface area contributed by atoms with E-state index in [0.717, 1.165) is 18.7 Å². The number of ether oxygens (including phenoxy) is 1. The fraction of sp³-hybridized carbons (Fsp3) is 0.308. The largest absolute Gasteiger partial charge is 0.379 e. The van der Waals surface area contributed by atoms with Crippen LogP contribution in [0, 0.1) is 5.82 Å². The average Bonchev–Trinajstić information content (AvgIpc) is 3.37. The van der Waals surface area contributed by atoms with Crippen LogP contribution >= 0.6 is 0 Å². The Labute approximate surface area is 208 Å². The molecule has 2 aromatic carbocycles. The lowest BCUT2D eigenvalue weighted by molar-refractivity contribution is 0.0342. The van der Waals surface area contributed by atoms with Gasteiger partial charge < -0.3 is 20.4 Å². The molecule has 0 saturated carbocycles. The molecule has 188 valence electrons. The van der Waals surface area contributed by atoms with Crippen molar-refractivity contribution in [1.29, 1.82) is 0 Å². The number of imidazole rings is 1. The Morgan fingerprint density at radius 2 is 1.75 bits per heavy atom. The first-order chi connectivity index (χ1) is 17.4. The summed E-state index contributed by atoms with van der Waals surface area (Å²) in [7, 11) is 0. The molecule has 1 fully saturated rings. The smallest absolute Gasteiger partial charge is 0.276 e. The highest BCUT2D eigenvalue weighted by atomic mass is 19.1. The van der Waals surface area contributed by atoms with E-state index in [2.05, 4.69) is 25.5 Å². The van der Waals surface area contributed by atoms with Crippen LogP contribution in [0.2, 0.25) is 0 Å². The second kappa shape index (κ2) is 11.7. The minimum atomic E-state index is -0.530.